The van der Waals surface area contributed by atoms with Gasteiger partial charge in [-0.15, -0.1) is 0 Å². The summed E-state index contributed by atoms with van der Waals surface area (Å²) < 4.78 is 5.17. The van der Waals surface area contributed by atoms with E-state index in [9.17, 15) is 4.79 Å². The van der Waals surface area contributed by atoms with Crippen molar-refractivity contribution in [3.63, 3.8) is 0 Å². The van der Waals surface area contributed by atoms with Crippen LogP contribution in [0.3, 0.4) is 0 Å². The van der Waals surface area contributed by atoms with Crippen LogP contribution in [0.25, 0.3) is 10.9 Å². The molecule has 2 aromatic rings. The summed E-state index contributed by atoms with van der Waals surface area (Å²) in [5.41, 5.74) is 1.38. The predicted molar refractivity (Wildman–Crippen MR) is 73.0 cm³/mol. The number of pyridine rings is 1. The van der Waals surface area contributed by atoms with Gasteiger partial charge in [0, 0.05) is 17.3 Å². The van der Waals surface area contributed by atoms with E-state index >= 15 is 0 Å². The molecule has 1 N–H and O–H groups in total. The van der Waals surface area contributed by atoms with Gasteiger partial charge in [0.05, 0.1) is 18.7 Å². The van der Waals surface area contributed by atoms with Crippen LogP contribution >= 0.6 is 0 Å². The molecule has 1 saturated heterocycles. The summed E-state index contributed by atoms with van der Waals surface area (Å²) >= 11 is 0. The van der Waals surface area contributed by atoms with Crippen molar-refractivity contribution in [1.82, 2.24) is 10.3 Å². The van der Waals surface area contributed by atoms with Gasteiger partial charge < -0.3 is 10.1 Å². The molecule has 4 heteroatoms. The zero-order valence-corrected chi connectivity index (χ0v) is 10.8. The summed E-state index contributed by atoms with van der Waals surface area (Å²) in [7, 11) is 0. The Hall–Kier alpha value is -1.94. The first-order valence-electron chi connectivity index (χ1n) is 6.38. The minimum absolute atomic E-state index is 0.0759. The predicted octanol–water partition coefficient (Wildman–Crippen LogP) is 2.00. The monoisotopic (exact) mass is 256 g/mol. The summed E-state index contributed by atoms with van der Waals surface area (Å²) in [5, 5.41) is 3.96. The summed E-state index contributed by atoms with van der Waals surface area (Å²) in [4.78, 5) is 16.4. The highest BCUT2D eigenvalue weighted by Crippen LogP contribution is 2.25. The minimum Gasteiger partial charge on any atom is -0.380 e. The van der Waals surface area contributed by atoms with E-state index in [-0.39, 0.29) is 11.3 Å². The Morgan fingerprint density at radius 2 is 2.11 bits per heavy atom. The molecule has 1 fully saturated rings. The number of rotatable bonds is 3. The highest BCUT2D eigenvalue weighted by molar-refractivity contribution is 5.94. The van der Waals surface area contributed by atoms with Crippen LogP contribution in [-0.4, -0.2) is 30.6 Å². The lowest BCUT2D eigenvalue weighted by Crippen LogP contribution is -2.48. The van der Waals surface area contributed by atoms with Gasteiger partial charge >= 0.3 is 0 Å². The van der Waals surface area contributed by atoms with Crippen molar-refractivity contribution in [3.05, 3.63) is 42.1 Å². The molecule has 1 aromatic heterocycles. The fraction of sp³-hybridized carbons (Fsp3) is 0.333. The molecule has 0 atom stereocenters. The lowest BCUT2D eigenvalue weighted by atomic mass is 9.89. The summed E-state index contributed by atoms with van der Waals surface area (Å²) in [6.45, 7) is 4.14. The molecule has 0 unspecified atom stereocenters. The Labute approximate surface area is 111 Å². The minimum atomic E-state index is -0.126. The number of carbonyl (C=O) groups excluding carboxylic acids is 1. The number of carbonyl (C=O) groups is 1. The standard InChI is InChI=1S/C15H16N2O2/c1-15(9-19-10-15)8-16-14(18)13-7-6-11-4-2-3-5-12(11)17-13/h2-7H,8-10H2,1H3,(H,16,18). The van der Waals surface area contributed by atoms with Crippen LogP contribution in [0.5, 0.6) is 0 Å². The van der Waals surface area contributed by atoms with E-state index in [0.29, 0.717) is 25.5 Å². The van der Waals surface area contributed by atoms with Crippen molar-refractivity contribution >= 4 is 16.8 Å². The molecule has 1 aliphatic heterocycles. The second kappa shape index (κ2) is 4.63. The summed E-state index contributed by atoms with van der Waals surface area (Å²) in [6.07, 6.45) is 0. The van der Waals surface area contributed by atoms with Gasteiger partial charge in [-0.25, -0.2) is 4.98 Å². The Morgan fingerprint density at radius 1 is 1.32 bits per heavy atom. The maximum Gasteiger partial charge on any atom is 0.269 e. The Bertz CT molecular complexity index is 620. The molecule has 2 heterocycles. The zero-order valence-electron chi connectivity index (χ0n) is 10.8. The third-order valence-corrected chi connectivity index (χ3v) is 3.41. The van der Waals surface area contributed by atoms with E-state index in [0.717, 1.165) is 10.9 Å². The number of hydrogen-bond acceptors (Lipinski definition) is 3. The third-order valence-electron chi connectivity index (χ3n) is 3.41. The number of aromatic nitrogens is 1. The lowest BCUT2D eigenvalue weighted by Gasteiger charge is -2.37. The molecule has 98 valence electrons. The molecule has 4 nitrogen and oxygen atoms in total. The number of amides is 1. The molecule has 0 saturated carbocycles. The van der Waals surface area contributed by atoms with Gasteiger partial charge in [0.25, 0.3) is 5.91 Å². The molecule has 0 spiro atoms. The van der Waals surface area contributed by atoms with E-state index in [1.54, 1.807) is 6.07 Å². The number of hydrogen-bond donors (Lipinski definition) is 1. The molecule has 0 aliphatic carbocycles. The second-order valence-corrected chi connectivity index (χ2v) is 5.38. The molecule has 0 bridgehead atoms. The first-order valence-corrected chi connectivity index (χ1v) is 6.38. The zero-order chi connectivity index (χ0) is 13.3. The van der Waals surface area contributed by atoms with Crippen molar-refractivity contribution in [1.29, 1.82) is 0 Å². The van der Waals surface area contributed by atoms with E-state index in [1.165, 1.54) is 0 Å². The molecule has 1 aromatic carbocycles. The first-order chi connectivity index (χ1) is 9.16. The van der Waals surface area contributed by atoms with Crippen molar-refractivity contribution in [2.45, 2.75) is 6.92 Å². The van der Waals surface area contributed by atoms with Crippen LogP contribution in [0.4, 0.5) is 0 Å². The number of benzene rings is 1. The fourth-order valence-corrected chi connectivity index (χ4v) is 2.13. The van der Waals surface area contributed by atoms with Gasteiger partial charge in [-0.3, -0.25) is 4.79 Å². The number of ether oxygens (including phenoxy) is 1. The maximum atomic E-state index is 12.1. The average Bonchev–Trinajstić information content (AvgIpc) is 2.42. The highest BCUT2D eigenvalue weighted by atomic mass is 16.5. The molecule has 1 aliphatic rings. The Kier molecular flexibility index (Phi) is 2.95. The van der Waals surface area contributed by atoms with Gasteiger partial charge in [0.15, 0.2) is 0 Å². The maximum absolute atomic E-state index is 12.1. The quantitative estimate of drug-likeness (QED) is 0.913. The largest absolute Gasteiger partial charge is 0.380 e. The van der Waals surface area contributed by atoms with Crippen LogP contribution in [-0.2, 0) is 4.74 Å². The number of nitrogens with zero attached hydrogens (tertiary/aromatic N) is 1. The molecule has 3 rings (SSSR count). The normalized spacial score (nSPS) is 16.9. The van der Waals surface area contributed by atoms with Crippen molar-refractivity contribution < 1.29 is 9.53 Å². The Morgan fingerprint density at radius 3 is 2.84 bits per heavy atom. The number of para-hydroxylation sites is 1. The SMILES string of the molecule is CC1(CNC(=O)c2ccc3ccccc3n2)COC1. The van der Waals surface area contributed by atoms with Gasteiger partial charge in [0.1, 0.15) is 5.69 Å². The molecule has 19 heavy (non-hydrogen) atoms. The highest BCUT2D eigenvalue weighted by Gasteiger charge is 2.33. The van der Waals surface area contributed by atoms with Crippen molar-refractivity contribution in [2.24, 2.45) is 5.41 Å². The van der Waals surface area contributed by atoms with E-state index < -0.39 is 0 Å². The van der Waals surface area contributed by atoms with Gasteiger partial charge in [-0.05, 0) is 12.1 Å². The molecule has 1 amide bonds. The average molecular weight is 256 g/mol. The van der Waals surface area contributed by atoms with Crippen molar-refractivity contribution in [3.8, 4) is 0 Å². The third kappa shape index (κ3) is 2.44. The second-order valence-electron chi connectivity index (χ2n) is 5.38. The van der Waals surface area contributed by atoms with E-state index in [1.807, 2.05) is 30.3 Å². The van der Waals surface area contributed by atoms with Crippen molar-refractivity contribution in [2.75, 3.05) is 19.8 Å². The van der Waals surface area contributed by atoms with Crippen LogP contribution in [0.1, 0.15) is 17.4 Å². The topological polar surface area (TPSA) is 51.2 Å². The lowest BCUT2D eigenvalue weighted by molar-refractivity contribution is -0.0978. The van der Waals surface area contributed by atoms with Crippen LogP contribution in [0, 0.1) is 5.41 Å². The first kappa shape index (κ1) is 12.1. The van der Waals surface area contributed by atoms with E-state index in [2.05, 4.69) is 17.2 Å². The summed E-state index contributed by atoms with van der Waals surface area (Å²) in [6, 6.07) is 11.5. The van der Waals surface area contributed by atoms with Crippen LogP contribution in [0.2, 0.25) is 0 Å². The van der Waals surface area contributed by atoms with Gasteiger partial charge in [0.2, 0.25) is 0 Å². The van der Waals surface area contributed by atoms with Gasteiger partial charge in [-0.2, -0.15) is 0 Å². The molecule has 0 radical (unpaired) electrons. The smallest absolute Gasteiger partial charge is 0.269 e. The van der Waals surface area contributed by atoms with Crippen LogP contribution < -0.4 is 5.32 Å². The van der Waals surface area contributed by atoms with Gasteiger partial charge in [-0.1, -0.05) is 31.2 Å². The fourth-order valence-electron chi connectivity index (χ4n) is 2.13. The number of nitrogens with one attached hydrogen (secondary N) is 1. The van der Waals surface area contributed by atoms with E-state index in [4.69, 9.17) is 4.74 Å². The molecular formula is C15H16N2O2. The Balaban J connectivity index is 1.74. The summed E-state index contributed by atoms with van der Waals surface area (Å²) in [5.74, 6) is -0.126. The molecular weight excluding hydrogens is 240 g/mol. The van der Waals surface area contributed by atoms with Crippen LogP contribution in [0.15, 0.2) is 36.4 Å². The number of fused-ring (bicyclic) bond motifs is 1.